The third-order valence-electron chi connectivity index (χ3n) is 3.44. The summed E-state index contributed by atoms with van der Waals surface area (Å²) < 4.78 is 0. The molecule has 0 fully saturated rings. The molecule has 0 bridgehead atoms. The summed E-state index contributed by atoms with van der Waals surface area (Å²) in [5.41, 5.74) is 6.02. The van der Waals surface area contributed by atoms with Crippen LogP contribution in [0.25, 0.3) is 0 Å². The SMILES string of the molecule is CC(C)(C)C(C)(C)CNCC(N)CC(=O)O. The molecule has 4 nitrogen and oxygen atoms in total. The van der Waals surface area contributed by atoms with Gasteiger partial charge in [-0.25, -0.2) is 0 Å². The highest BCUT2D eigenvalue weighted by atomic mass is 16.4. The lowest BCUT2D eigenvalue weighted by atomic mass is 9.69. The van der Waals surface area contributed by atoms with E-state index in [2.05, 4.69) is 39.9 Å². The van der Waals surface area contributed by atoms with Crippen molar-refractivity contribution in [3.8, 4) is 0 Å². The molecule has 96 valence electrons. The van der Waals surface area contributed by atoms with E-state index in [1.165, 1.54) is 0 Å². The molecule has 4 N–H and O–H groups in total. The molecule has 0 aliphatic heterocycles. The smallest absolute Gasteiger partial charge is 0.304 e. The molecule has 0 aliphatic rings. The standard InChI is InChI=1S/C12H26N2O2/c1-11(2,3)12(4,5)8-14-7-9(13)6-10(15)16/h9,14H,6-8,13H2,1-5H3,(H,15,16). The first-order valence-corrected chi connectivity index (χ1v) is 5.74. The molecule has 4 heteroatoms. The second-order valence-corrected chi connectivity index (χ2v) is 6.12. The largest absolute Gasteiger partial charge is 0.481 e. The average molecular weight is 230 g/mol. The zero-order valence-electron chi connectivity index (χ0n) is 11.1. The first-order chi connectivity index (χ1) is 7.06. The van der Waals surface area contributed by atoms with E-state index in [9.17, 15) is 4.79 Å². The number of aliphatic carboxylic acids is 1. The molecule has 0 aromatic carbocycles. The highest BCUT2D eigenvalue weighted by molar-refractivity contribution is 5.67. The van der Waals surface area contributed by atoms with Crippen molar-refractivity contribution in [1.29, 1.82) is 0 Å². The van der Waals surface area contributed by atoms with Crippen LogP contribution in [-0.2, 0) is 4.79 Å². The van der Waals surface area contributed by atoms with Gasteiger partial charge in [-0.2, -0.15) is 0 Å². The number of hydrogen-bond acceptors (Lipinski definition) is 3. The number of hydrogen-bond donors (Lipinski definition) is 3. The monoisotopic (exact) mass is 230 g/mol. The summed E-state index contributed by atoms with van der Waals surface area (Å²) in [5.74, 6) is -0.843. The normalized spacial score (nSPS) is 14.9. The molecular weight excluding hydrogens is 204 g/mol. The lowest BCUT2D eigenvalue weighted by Crippen LogP contribution is -2.44. The van der Waals surface area contributed by atoms with Gasteiger partial charge in [-0.05, 0) is 10.8 Å². The van der Waals surface area contributed by atoms with Gasteiger partial charge in [0, 0.05) is 19.1 Å². The highest BCUT2D eigenvalue weighted by Crippen LogP contribution is 2.36. The molecule has 0 saturated heterocycles. The molecular formula is C12H26N2O2. The highest BCUT2D eigenvalue weighted by Gasteiger charge is 2.32. The number of carboxylic acids is 1. The summed E-state index contributed by atoms with van der Waals surface area (Å²) in [5, 5.41) is 11.8. The molecule has 1 atom stereocenters. The van der Waals surface area contributed by atoms with E-state index in [0.717, 1.165) is 6.54 Å². The predicted molar refractivity (Wildman–Crippen MR) is 66.3 cm³/mol. The second kappa shape index (κ2) is 5.64. The van der Waals surface area contributed by atoms with Crippen LogP contribution in [0, 0.1) is 10.8 Å². The molecule has 0 radical (unpaired) electrons. The van der Waals surface area contributed by atoms with E-state index in [1.54, 1.807) is 0 Å². The van der Waals surface area contributed by atoms with Crippen molar-refractivity contribution < 1.29 is 9.90 Å². The zero-order valence-corrected chi connectivity index (χ0v) is 11.1. The molecule has 16 heavy (non-hydrogen) atoms. The fourth-order valence-corrected chi connectivity index (χ4v) is 1.13. The summed E-state index contributed by atoms with van der Waals surface area (Å²) in [4.78, 5) is 10.4. The first-order valence-electron chi connectivity index (χ1n) is 5.74. The minimum absolute atomic E-state index is 0.0168. The predicted octanol–water partition coefficient (Wildman–Crippen LogP) is 1.45. The Morgan fingerprint density at radius 3 is 2.19 bits per heavy atom. The van der Waals surface area contributed by atoms with Crippen molar-refractivity contribution in [3.05, 3.63) is 0 Å². The van der Waals surface area contributed by atoms with Crippen LogP contribution < -0.4 is 11.1 Å². The van der Waals surface area contributed by atoms with E-state index >= 15 is 0 Å². The van der Waals surface area contributed by atoms with E-state index in [4.69, 9.17) is 10.8 Å². The van der Waals surface area contributed by atoms with Gasteiger partial charge in [0.15, 0.2) is 0 Å². The average Bonchev–Trinajstić information content (AvgIpc) is 1.99. The summed E-state index contributed by atoms with van der Waals surface area (Å²) in [6.45, 7) is 12.4. The van der Waals surface area contributed by atoms with Gasteiger partial charge in [0.05, 0.1) is 6.42 Å². The van der Waals surface area contributed by atoms with Gasteiger partial charge in [-0.1, -0.05) is 34.6 Å². The van der Waals surface area contributed by atoms with Crippen molar-refractivity contribution >= 4 is 5.97 Å². The third-order valence-corrected chi connectivity index (χ3v) is 3.44. The number of nitrogens with one attached hydrogen (secondary N) is 1. The Hall–Kier alpha value is -0.610. The number of carboxylic acid groups (broad SMARTS) is 1. The summed E-state index contributed by atoms with van der Waals surface area (Å²) in [6.07, 6.45) is 0.0168. The Labute approximate surface area is 98.6 Å². The van der Waals surface area contributed by atoms with Crippen molar-refractivity contribution in [1.82, 2.24) is 5.32 Å². The van der Waals surface area contributed by atoms with Gasteiger partial charge in [-0.15, -0.1) is 0 Å². The third kappa shape index (κ3) is 5.47. The molecule has 0 spiro atoms. The topological polar surface area (TPSA) is 75.3 Å². The fourth-order valence-electron chi connectivity index (χ4n) is 1.13. The Morgan fingerprint density at radius 2 is 1.81 bits per heavy atom. The summed E-state index contributed by atoms with van der Waals surface area (Å²) >= 11 is 0. The number of carbonyl (C=O) groups is 1. The van der Waals surface area contributed by atoms with Crippen LogP contribution in [0.5, 0.6) is 0 Å². The maximum atomic E-state index is 10.4. The van der Waals surface area contributed by atoms with Crippen LogP contribution in [0.4, 0.5) is 0 Å². The fraction of sp³-hybridized carbons (Fsp3) is 0.917. The molecule has 0 saturated carbocycles. The van der Waals surface area contributed by atoms with Crippen molar-refractivity contribution in [3.63, 3.8) is 0 Å². The molecule has 0 aromatic rings. The zero-order chi connectivity index (χ0) is 13.0. The number of nitrogens with two attached hydrogens (primary N) is 1. The number of rotatable bonds is 6. The Balaban J connectivity index is 3.94. The van der Waals surface area contributed by atoms with Crippen molar-refractivity contribution in [2.75, 3.05) is 13.1 Å². The minimum atomic E-state index is -0.843. The quantitative estimate of drug-likeness (QED) is 0.645. The maximum Gasteiger partial charge on any atom is 0.304 e. The van der Waals surface area contributed by atoms with E-state index in [-0.39, 0.29) is 23.3 Å². The molecule has 0 aliphatic carbocycles. The van der Waals surface area contributed by atoms with Gasteiger partial charge in [0.1, 0.15) is 0 Å². The minimum Gasteiger partial charge on any atom is -0.481 e. The Bertz CT molecular complexity index is 232. The van der Waals surface area contributed by atoms with Gasteiger partial charge in [0.25, 0.3) is 0 Å². The van der Waals surface area contributed by atoms with E-state index < -0.39 is 5.97 Å². The van der Waals surface area contributed by atoms with Crippen LogP contribution in [0.15, 0.2) is 0 Å². The van der Waals surface area contributed by atoms with Crippen molar-refractivity contribution in [2.24, 2.45) is 16.6 Å². The first kappa shape index (κ1) is 15.4. The van der Waals surface area contributed by atoms with Gasteiger partial charge in [-0.3, -0.25) is 4.79 Å². The lowest BCUT2D eigenvalue weighted by Gasteiger charge is -2.39. The molecule has 1 unspecified atom stereocenters. The molecule has 0 amide bonds. The molecule has 0 aromatic heterocycles. The van der Waals surface area contributed by atoms with Gasteiger partial charge in [0.2, 0.25) is 0 Å². The van der Waals surface area contributed by atoms with Crippen LogP contribution in [0.3, 0.4) is 0 Å². The van der Waals surface area contributed by atoms with E-state index in [0.29, 0.717) is 6.54 Å². The second-order valence-electron chi connectivity index (χ2n) is 6.12. The Kier molecular flexibility index (Phi) is 5.42. The Morgan fingerprint density at radius 1 is 1.31 bits per heavy atom. The van der Waals surface area contributed by atoms with Crippen LogP contribution in [0.1, 0.15) is 41.0 Å². The molecule has 0 rings (SSSR count). The van der Waals surface area contributed by atoms with Crippen LogP contribution in [0.2, 0.25) is 0 Å². The maximum absolute atomic E-state index is 10.4. The van der Waals surface area contributed by atoms with Gasteiger partial charge < -0.3 is 16.2 Å². The van der Waals surface area contributed by atoms with Crippen LogP contribution in [-0.4, -0.2) is 30.2 Å². The van der Waals surface area contributed by atoms with Crippen molar-refractivity contribution in [2.45, 2.75) is 47.1 Å². The summed E-state index contributed by atoms with van der Waals surface area (Å²) in [6, 6.07) is -0.312. The van der Waals surface area contributed by atoms with Crippen LogP contribution >= 0.6 is 0 Å². The lowest BCUT2D eigenvalue weighted by molar-refractivity contribution is -0.137. The van der Waals surface area contributed by atoms with Gasteiger partial charge >= 0.3 is 5.97 Å². The summed E-state index contributed by atoms with van der Waals surface area (Å²) in [7, 11) is 0. The van der Waals surface area contributed by atoms with E-state index in [1.807, 2.05) is 0 Å². The molecule has 0 heterocycles.